The minimum Gasteiger partial charge on any atom is -0.457 e. The Morgan fingerprint density at radius 3 is 1.97 bits per heavy atom. The molecule has 0 bridgehead atoms. The van der Waals surface area contributed by atoms with E-state index in [0.717, 1.165) is 11.4 Å². The van der Waals surface area contributed by atoms with Crippen molar-refractivity contribution in [1.29, 1.82) is 0 Å². The van der Waals surface area contributed by atoms with Gasteiger partial charge in [-0.05, 0) is 55.5 Å². The topological polar surface area (TPSA) is 61.9 Å². The van der Waals surface area contributed by atoms with E-state index >= 15 is 0 Å². The molecule has 164 valence electrons. The van der Waals surface area contributed by atoms with Crippen LogP contribution in [0.2, 0.25) is 0 Å². The predicted octanol–water partition coefficient (Wildman–Crippen LogP) is 4.26. The van der Waals surface area contributed by atoms with E-state index in [9.17, 15) is 9.59 Å². The average molecular weight is 430 g/mol. The number of nitrogens with one attached hydrogen (secondary N) is 1. The molecule has 1 atom stereocenters. The molecule has 6 nitrogen and oxygen atoms in total. The maximum Gasteiger partial charge on any atom is 0.253 e. The third-order valence-corrected chi connectivity index (χ3v) is 5.65. The van der Waals surface area contributed by atoms with Gasteiger partial charge in [0, 0.05) is 37.4 Å². The molecule has 1 aliphatic heterocycles. The molecule has 4 rings (SSSR count). The van der Waals surface area contributed by atoms with Gasteiger partial charge in [-0.15, -0.1) is 0 Å². The second-order valence-corrected chi connectivity index (χ2v) is 7.80. The van der Waals surface area contributed by atoms with E-state index in [1.807, 2.05) is 96.8 Å². The quantitative estimate of drug-likeness (QED) is 0.636. The average Bonchev–Trinajstić information content (AvgIpc) is 2.85. The first-order chi connectivity index (χ1) is 15.6. The highest BCUT2D eigenvalue weighted by atomic mass is 16.5. The van der Waals surface area contributed by atoms with Gasteiger partial charge in [-0.2, -0.15) is 0 Å². The smallest absolute Gasteiger partial charge is 0.253 e. The third kappa shape index (κ3) is 5.34. The fraction of sp³-hybridized carbons (Fsp3) is 0.231. The molecule has 1 saturated heterocycles. The maximum atomic E-state index is 12.8. The Kier molecular flexibility index (Phi) is 6.82. The Labute approximate surface area is 188 Å². The Hall–Kier alpha value is -3.64. The van der Waals surface area contributed by atoms with Gasteiger partial charge in [0.25, 0.3) is 5.91 Å². The molecule has 6 heteroatoms. The van der Waals surface area contributed by atoms with Crippen LogP contribution in [0.5, 0.6) is 11.5 Å². The Balaban J connectivity index is 1.27. The molecule has 3 aromatic rings. The Bertz CT molecular complexity index is 1030. The van der Waals surface area contributed by atoms with Crippen LogP contribution in [-0.2, 0) is 4.79 Å². The molecule has 2 amide bonds. The van der Waals surface area contributed by atoms with Gasteiger partial charge < -0.3 is 15.0 Å². The molecule has 1 heterocycles. The van der Waals surface area contributed by atoms with Crippen molar-refractivity contribution in [3.05, 3.63) is 90.5 Å². The van der Waals surface area contributed by atoms with E-state index < -0.39 is 0 Å². The first-order valence-corrected chi connectivity index (χ1v) is 10.8. The van der Waals surface area contributed by atoms with Crippen molar-refractivity contribution in [3.8, 4) is 11.5 Å². The highest BCUT2D eigenvalue weighted by Crippen LogP contribution is 2.23. The van der Waals surface area contributed by atoms with Crippen molar-refractivity contribution in [2.75, 3.05) is 31.5 Å². The summed E-state index contributed by atoms with van der Waals surface area (Å²) in [5.74, 6) is 1.45. The van der Waals surface area contributed by atoms with Crippen LogP contribution in [0.3, 0.4) is 0 Å². The summed E-state index contributed by atoms with van der Waals surface area (Å²) in [7, 11) is 0. The van der Waals surface area contributed by atoms with E-state index in [1.54, 1.807) is 0 Å². The van der Waals surface area contributed by atoms with E-state index in [0.29, 0.717) is 37.5 Å². The number of rotatable bonds is 6. The normalized spacial score (nSPS) is 15.1. The van der Waals surface area contributed by atoms with Crippen LogP contribution in [0.25, 0.3) is 0 Å². The zero-order valence-corrected chi connectivity index (χ0v) is 18.1. The zero-order valence-electron chi connectivity index (χ0n) is 18.1. The monoisotopic (exact) mass is 429 g/mol. The summed E-state index contributed by atoms with van der Waals surface area (Å²) in [6.45, 7) is 4.44. The lowest BCUT2D eigenvalue weighted by molar-refractivity contribution is -0.121. The number of hydrogen-bond donors (Lipinski definition) is 1. The lowest BCUT2D eigenvalue weighted by atomic mass is 10.1. The molecular formula is C26H27N3O3. The van der Waals surface area contributed by atoms with Gasteiger partial charge in [0.05, 0.1) is 6.04 Å². The standard InChI is InChI=1S/C26H27N3O3/c1-20(28-16-18-29(19-17-28)26(31)21-8-4-2-5-9-21)25(30)27-22-12-14-24(15-13-22)32-23-10-6-3-7-11-23/h2-15,20H,16-19H2,1H3,(H,27,30)/t20-/m0/s1. The molecule has 0 spiro atoms. The highest BCUT2D eigenvalue weighted by molar-refractivity contribution is 5.95. The molecule has 1 fully saturated rings. The van der Waals surface area contributed by atoms with E-state index in [4.69, 9.17) is 4.74 Å². The second-order valence-electron chi connectivity index (χ2n) is 7.80. The van der Waals surface area contributed by atoms with Gasteiger partial charge >= 0.3 is 0 Å². The van der Waals surface area contributed by atoms with Crippen molar-refractivity contribution in [3.63, 3.8) is 0 Å². The van der Waals surface area contributed by atoms with E-state index in [-0.39, 0.29) is 17.9 Å². The Morgan fingerprint density at radius 2 is 1.34 bits per heavy atom. The summed E-state index contributed by atoms with van der Waals surface area (Å²) < 4.78 is 5.79. The minimum absolute atomic E-state index is 0.0418. The number of amides is 2. The summed E-state index contributed by atoms with van der Waals surface area (Å²) in [4.78, 5) is 29.3. The number of piperazine rings is 1. The molecule has 0 aromatic heterocycles. The predicted molar refractivity (Wildman–Crippen MR) is 125 cm³/mol. The van der Waals surface area contributed by atoms with Gasteiger partial charge in [-0.25, -0.2) is 0 Å². The lowest BCUT2D eigenvalue weighted by Gasteiger charge is -2.37. The van der Waals surface area contributed by atoms with Crippen LogP contribution in [0.4, 0.5) is 5.69 Å². The largest absolute Gasteiger partial charge is 0.457 e. The Morgan fingerprint density at radius 1 is 0.781 bits per heavy atom. The van der Waals surface area contributed by atoms with Crippen molar-refractivity contribution < 1.29 is 14.3 Å². The number of para-hydroxylation sites is 1. The van der Waals surface area contributed by atoms with Crippen LogP contribution < -0.4 is 10.1 Å². The molecule has 0 radical (unpaired) electrons. The maximum absolute atomic E-state index is 12.8. The van der Waals surface area contributed by atoms with Crippen LogP contribution in [0.1, 0.15) is 17.3 Å². The molecule has 0 saturated carbocycles. The number of carbonyl (C=O) groups is 2. The van der Waals surface area contributed by atoms with Gasteiger partial charge in [-0.3, -0.25) is 14.5 Å². The number of ether oxygens (including phenoxy) is 1. The number of hydrogen-bond acceptors (Lipinski definition) is 4. The van der Waals surface area contributed by atoms with Crippen molar-refractivity contribution in [2.45, 2.75) is 13.0 Å². The number of carbonyl (C=O) groups excluding carboxylic acids is 2. The molecule has 0 aliphatic carbocycles. The SMILES string of the molecule is C[C@@H](C(=O)Nc1ccc(Oc2ccccc2)cc1)N1CCN(C(=O)c2ccccc2)CC1. The van der Waals surface area contributed by atoms with Crippen molar-refractivity contribution >= 4 is 17.5 Å². The van der Waals surface area contributed by atoms with Gasteiger partial charge in [0.2, 0.25) is 5.91 Å². The molecule has 32 heavy (non-hydrogen) atoms. The van der Waals surface area contributed by atoms with Gasteiger partial charge in [0.15, 0.2) is 0 Å². The second kappa shape index (κ2) is 10.1. The minimum atomic E-state index is -0.288. The number of benzene rings is 3. The summed E-state index contributed by atoms with van der Waals surface area (Å²) in [6, 6.07) is 25.9. The van der Waals surface area contributed by atoms with E-state index in [1.165, 1.54) is 0 Å². The fourth-order valence-electron chi connectivity index (χ4n) is 3.72. The molecule has 0 unspecified atom stereocenters. The van der Waals surface area contributed by atoms with Crippen LogP contribution in [0.15, 0.2) is 84.9 Å². The number of anilines is 1. The first kappa shape index (κ1) is 21.6. The van der Waals surface area contributed by atoms with Gasteiger partial charge in [-0.1, -0.05) is 36.4 Å². The van der Waals surface area contributed by atoms with Crippen LogP contribution in [0, 0.1) is 0 Å². The first-order valence-electron chi connectivity index (χ1n) is 10.8. The number of nitrogens with zero attached hydrogens (tertiary/aromatic N) is 2. The van der Waals surface area contributed by atoms with Crippen LogP contribution in [-0.4, -0.2) is 53.8 Å². The highest BCUT2D eigenvalue weighted by Gasteiger charge is 2.27. The fourth-order valence-corrected chi connectivity index (χ4v) is 3.72. The molecule has 1 N–H and O–H groups in total. The van der Waals surface area contributed by atoms with Crippen molar-refractivity contribution in [2.24, 2.45) is 0 Å². The summed E-state index contributed by atoms with van der Waals surface area (Å²) in [6.07, 6.45) is 0. The molecular weight excluding hydrogens is 402 g/mol. The van der Waals surface area contributed by atoms with Crippen LogP contribution >= 0.6 is 0 Å². The molecule has 3 aromatic carbocycles. The summed E-state index contributed by atoms with van der Waals surface area (Å²) in [5.41, 5.74) is 1.42. The summed E-state index contributed by atoms with van der Waals surface area (Å²) in [5, 5.41) is 2.97. The third-order valence-electron chi connectivity index (χ3n) is 5.65. The molecule has 1 aliphatic rings. The lowest BCUT2D eigenvalue weighted by Crippen LogP contribution is -2.54. The van der Waals surface area contributed by atoms with Crippen molar-refractivity contribution in [1.82, 2.24) is 9.80 Å². The summed E-state index contributed by atoms with van der Waals surface area (Å²) >= 11 is 0. The van der Waals surface area contributed by atoms with E-state index in [2.05, 4.69) is 10.2 Å². The van der Waals surface area contributed by atoms with Gasteiger partial charge in [0.1, 0.15) is 11.5 Å². The zero-order chi connectivity index (χ0) is 22.3.